The molecule has 6 heteroatoms. The van der Waals surface area contributed by atoms with Gasteiger partial charge < -0.3 is 15.3 Å². The largest absolute Gasteiger partial charge is 0.393 e. The molecule has 154 valence electrons. The molecular weight excluding hydrogens is 345 g/mol. The SMILES string of the molecule is OC1CCCC(O)CC(C2CCC(C(F)(F)F)CCCCC(O)C2)CC1. The predicted molar refractivity (Wildman–Crippen MR) is 94.6 cm³/mol. The van der Waals surface area contributed by atoms with Gasteiger partial charge in [0.15, 0.2) is 0 Å². The molecule has 0 heterocycles. The molecule has 0 spiro atoms. The van der Waals surface area contributed by atoms with Crippen molar-refractivity contribution >= 4 is 0 Å². The highest BCUT2D eigenvalue weighted by molar-refractivity contribution is 4.81. The molecule has 2 aliphatic rings. The molecule has 0 amide bonds. The van der Waals surface area contributed by atoms with Crippen molar-refractivity contribution < 1.29 is 28.5 Å². The van der Waals surface area contributed by atoms with Crippen molar-refractivity contribution in [2.24, 2.45) is 17.8 Å². The van der Waals surface area contributed by atoms with Crippen molar-refractivity contribution in [3.63, 3.8) is 0 Å². The highest BCUT2D eigenvalue weighted by Crippen LogP contribution is 2.40. The van der Waals surface area contributed by atoms with Gasteiger partial charge in [-0.1, -0.05) is 12.8 Å². The van der Waals surface area contributed by atoms with Gasteiger partial charge in [0.1, 0.15) is 0 Å². The first-order valence-electron chi connectivity index (χ1n) is 10.4. The number of aliphatic hydroxyl groups excluding tert-OH is 3. The molecule has 2 aliphatic carbocycles. The van der Waals surface area contributed by atoms with Crippen molar-refractivity contribution in [3.8, 4) is 0 Å². The average molecular weight is 380 g/mol. The Labute approximate surface area is 155 Å². The van der Waals surface area contributed by atoms with Crippen molar-refractivity contribution in [2.75, 3.05) is 0 Å². The lowest BCUT2D eigenvalue weighted by atomic mass is 9.75. The molecule has 6 atom stereocenters. The van der Waals surface area contributed by atoms with E-state index in [1.54, 1.807) is 0 Å². The highest BCUT2D eigenvalue weighted by atomic mass is 19.4. The average Bonchev–Trinajstić information content (AvgIpc) is 2.63. The van der Waals surface area contributed by atoms with Gasteiger partial charge in [0.05, 0.1) is 24.2 Å². The number of hydrogen-bond donors (Lipinski definition) is 3. The third-order valence-electron chi connectivity index (χ3n) is 6.45. The van der Waals surface area contributed by atoms with Crippen LogP contribution in [-0.2, 0) is 0 Å². The van der Waals surface area contributed by atoms with Crippen LogP contribution in [0.25, 0.3) is 0 Å². The molecule has 0 radical (unpaired) electrons. The van der Waals surface area contributed by atoms with Crippen molar-refractivity contribution in [2.45, 2.75) is 108 Å². The van der Waals surface area contributed by atoms with Gasteiger partial charge in [0.2, 0.25) is 0 Å². The van der Waals surface area contributed by atoms with Gasteiger partial charge >= 0.3 is 6.18 Å². The monoisotopic (exact) mass is 380 g/mol. The first kappa shape index (κ1) is 22.0. The summed E-state index contributed by atoms with van der Waals surface area (Å²) in [6.07, 6.45) is 1.42. The van der Waals surface area contributed by atoms with Crippen molar-refractivity contribution in [1.82, 2.24) is 0 Å². The van der Waals surface area contributed by atoms with Crippen LogP contribution in [-0.4, -0.2) is 39.8 Å². The van der Waals surface area contributed by atoms with Crippen LogP contribution in [0.4, 0.5) is 13.2 Å². The Morgan fingerprint density at radius 3 is 1.65 bits per heavy atom. The number of rotatable bonds is 1. The van der Waals surface area contributed by atoms with Crippen LogP contribution in [0.5, 0.6) is 0 Å². The van der Waals surface area contributed by atoms with Crippen LogP contribution in [0, 0.1) is 17.8 Å². The highest BCUT2D eigenvalue weighted by Gasteiger charge is 2.40. The molecule has 0 aromatic carbocycles. The molecule has 26 heavy (non-hydrogen) atoms. The maximum atomic E-state index is 13.3. The van der Waals surface area contributed by atoms with Gasteiger partial charge in [-0.15, -0.1) is 0 Å². The minimum Gasteiger partial charge on any atom is -0.393 e. The fourth-order valence-corrected chi connectivity index (χ4v) is 4.82. The van der Waals surface area contributed by atoms with E-state index in [0.717, 1.165) is 6.42 Å². The standard InChI is InChI=1S/C20H35F3O3/c21-20(22,23)16-4-1-2-5-18(25)12-14(8-10-16)15-9-11-17(24)6-3-7-19(26)13-15/h14-19,24-26H,1-13H2. The van der Waals surface area contributed by atoms with E-state index in [9.17, 15) is 28.5 Å². The predicted octanol–water partition coefficient (Wildman–Crippen LogP) is 4.58. The summed E-state index contributed by atoms with van der Waals surface area (Å²) < 4.78 is 39.9. The molecule has 6 unspecified atom stereocenters. The first-order chi connectivity index (χ1) is 12.3. The summed E-state index contributed by atoms with van der Waals surface area (Å²) in [5.41, 5.74) is 0. The number of aliphatic hydroxyl groups is 3. The zero-order valence-electron chi connectivity index (χ0n) is 15.6. The number of hydrogen-bond acceptors (Lipinski definition) is 3. The van der Waals surface area contributed by atoms with Crippen LogP contribution in [0.1, 0.15) is 83.5 Å². The summed E-state index contributed by atoms with van der Waals surface area (Å²) in [4.78, 5) is 0. The van der Waals surface area contributed by atoms with Gasteiger partial charge in [-0.25, -0.2) is 0 Å². The van der Waals surface area contributed by atoms with E-state index in [-0.39, 0.29) is 24.7 Å². The molecule has 0 aliphatic heterocycles. The summed E-state index contributed by atoms with van der Waals surface area (Å²) in [7, 11) is 0. The minimum absolute atomic E-state index is 0.0205. The lowest BCUT2D eigenvalue weighted by Gasteiger charge is -2.33. The van der Waals surface area contributed by atoms with Gasteiger partial charge in [-0.05, 0) is 82.5 Å². The van der Waals surface area contributed by atoms with Gasteiger partial charge in [0.25, 0.3) is 0 Å². The molecular formula is C20H35F3O3. The second-order valence-corrected chi connectivity index (χ2v) is 8.56. The third kappa shape index (κ3) is 7.35. The number of halogens is 3. The zero-order chi connectivity index (χ0) is 19.2. The Kier molecular flexibility index (Phi) is 8.68. The third-order valence-corrected chi connectivity index (χ3v) is 6.45. The van der Waals surface area contributed by atoms with E-state index in [1.807, 2.05) is 0 Å². The summed E-state index contributed by atoms with van der Waals surface area (Å²) in [6.45, 7) is 0. The summed E-state index contributed by atoms with van der Waals surface area (Å²) >= 11 is 0. The van der Waals surface area contributed by atoms with Gasteiger partial charge in [-0.3, -0.25) is 0 Å². The fraction of sp³-hybridized carbons (Fsp3) is 1.00. The van der Waals surface area contributed by atoms with Crippen molar-refractivity contribution in [1.29, 1.82) is 0 Å². The first-order valence-corrected chi connectivity index (χ1v) is 10.4. The topological polar surface area (TPSA) is 60.7 Å². The second kappa shape index (κ2) is 10.3. The molecule has 3 nitrogen and oxygen atoms in total. The van der Waals surface area contributed by atoms with Crippen LogP contribution < -0.4 is 0 Å². The van der Waals surface area contributed by atoms with E-state index in [1.165, 1.54) is 0 Å². The maximum absolute atomic E-state index is 13.3. The van der Waals surface area contributed by atoms with Crippen LogP contribution >= 0.6 is 0 Å². The van der Waals surface area contributed by atoms with Gasteiger partial charge in [-0.2, -0.15) is 13.2 Å². The molecule has 0 aromatic heterocycles. The van der Waals surface area contributed by atoms with E-state index < -0.39 is 30.4 Å². The summed E-state index contributed by atoms with van der Waals surface area (Å²) in [5.74, 6) is -1.21. The molecule has 3 N–H and O–H groups in total. The van der Waals surface area contributed by atoms with E-state index in [0.29, 0.717) is 64.2 Å². The zero-order valence-corrected chi connectivity index (χ0v) is 15.6. The molecule has 0 saturated heterocycles. The molecule has 0 bridgehead atoms. The van der Waals surface area contributed by atoms with Crippen molar-refractivity contribution in [3.05, 3.63) is 0 Å². The normalized spacial score (nSPS) is 39.5. The van der Waals surface area contributed by atoms with E-state index in [2.05, 4.69) is 0 Å². The Morgan fingerprint density at radius 1 is 0.538 bits per heavy atom. The lowest BCUT2D eigenvalue weighted by molar-refractivity contribution is -0.180. The van der Waals surface area contributed by atoms with Crippen LogP contribution in [0.3, 0.4) is 0 Å². The quantitative estimate of drug-likeness (QED) is 0.624. The molecule has 2 saturated carbocycles. The number of alkyl halides is 3. The van der Waals surface area contributed by atoms with Crippen LogP contribution in [0.15, 0.2) is 0 Å². The Hall–Kier alpha value is -0.330. The maximum Gasteiger partial charge on any atom is 0.391 e. The molecule has 2 fully saturated rings. The Morgan fingerprint density at radius 2 is 1.04 bits per heavy atom. The van der Waals surface area contributed by atoms with Crippen LogP contribution in [0.2, 0.25) is 0 Å². The summed E-state index contributed by atoms with van der Waals surface area (Å²) in [6, 6.07) is 0. The Balaban J connectivity index is 2.09. The fourth-order valence-electron chi connectivity index (χ4n) is 4.82. The molecule has 2 rings (SSSR count). The van der Waals surface area contributed by atoms with E-state index in [4.69, 9.17) is 0 Å². The minimum atomic E-state index is -4.16. The lowest BCUT2D eigenvalue weighted by Crippen LogP contribution is -2.29. The molecule has 0 aromatic rings. The van der Waals surface area contributed by atoms with Gasteiger partial charge in [0, 0.05) is 0 Å². The summed E-state index contributed by atoms with van der Waals surface area (Å²) in [5, 5.41) is 30.6. The smallest absolute Gasteiger partial charge is 0.391 e. The Bertz CT molecular complexity index is 402. The van der Waals surface area contributed by atoms with E-state index >= 15 is 0 Å². The second-order valence-electron chi connectivity index (χ2n) is 8.56.